The molecule has 33 heavy (non-hydrogen) atoms. The molecule has 0 aromatic carbocycles. The van der Waals surface area contributed by atoms with Gasteiger partial charge in [0.25, 0.3) is 6.01 Å². The highest BCUT2D eigenvalue weighted by molar-refractivity contribution is 5.41. The van der Waals surface area contributed by atoms with Gasteiger partial charge in [-0.1, -0.05) is 39.8 Å². The van der Waals surface area contributed by atoms with E-state index < -0.39 is 23.2 Å². The summed E-state index contributed by atoms with van der Waals surface area (Å²) in [5, 5.41) is 24.5. The molecule has 6 nitrogen and oxygen atoms in total. The van der Waals surface area contributed by atoms with Crippen molar-refractivity contribution in [2.75, 3.05) is 13.7 Å². The maximum atomic E-state index is 12.7. The number of hydrogen-bond acceptors (Lipinski definition) is 5. The van der Waals surface area contributed by atoms with Crippen molar-refractivity contribution in [2.45, 2.75) is 78.2 Å². The molecular formula is C27H40N2O4. The Morgan fingerprint density at radius 2 is 2.06 bits per heavy atom. The Morgan fingerprint density at radius 3 is 2.76 bits per heavy atom. The smallest absolute Gasteiger partial charge is 0.296 e. The molecule has 2 saturated carbocycles. The van der Waals surface area contributed by atoms with Gasteiger partial charge >= 0.3 is 0 Å². The van der Waals surface area contributed by atoms with Gasteiger partial charge in [0.15, 0.2) is 6.10 Å². The summed E-state index contributed by atoms with van der Waals surface area (Å²) in [6.07, 6.45) is 9.21. The van der Waals surface area contributed by atoms with E-state index in [1.807, 2.05) is 17.7 Å². The highest BCUT2D eigenvalue weighted by Gasteiger charge is 2.72. The molecule has 182 valence electrons. The van der Waals surface area contributed by atoms with Crippen molar-refractivity contribution in [2.24, 2.45) is 34.5 Å². The topological polar surface area (TPSA) is 76.7 Å². The summed E-state index contributed by atoms with van der Waals surface area (Å²) >= 11 is 0. The van der Waals surface area contributed by atoms with E-state index in [-0.39, 0.29) is 5.92 Å². The van der Waals surface area contributed by atoms with Crippen molar-refractivity contribution in [1.82, 2.24) is 9.55 Å². The Labute approximate surface area is 197 Å². The number of allylic oxidation sites excluding steroid dienone is 1. The highest BCUT2D eigenvalue weighted by Crippen LogP contribution is 2.72. The quantitative estimate of drug-likeness (QED) is 0.633. The molecule has 0 saturated heterocycles. The van der Waals surface area contributed by atoms with Crippen LogP contribution in [0.4, 0.5) is 0 Å². The molecule has 1 heterocycles. The van der Waals surface area contributed by atoms with Crippen molar-refractivity contribution in [3.05, 3.63) is 35.7 Å². The minimum absolute atomic E-state index is 0.214. The molecule has 2 fully saturated rings. The number of aromatic nitrogens is 2. The van der Waals surface area contributed by atoms with Crippen LogP contribution >= 0.6 is 0 Å². The Hall–Kier alpha value is -1.63. The summed E-state index contributed by atoms with van der Waals surface area (Å²) in [6.45, 7) is 12.3. The SMILES string of the molecule is CCCn1ccnc1OC1C(C)=CC23CC(C=C(COC)C(O)C12O)C1C(CC3C)C1(C)C. The minimum atomic E-state index is -1.49. The van der Waals surface area contributed by atoms with E-state index in [0.29, 0.717) is 35.8 Å². The molecule has 8 unspecified atom stereocenters. The fourth-order valence-corrected chi connectivity index (χ4v) is 7.96. The van der Waals surface area contributed by atoms with Crippen LogP contribution in [0.3, 0.4) is 0 Å². The van der Waals surface area contributed by atoms with Gasteiger partial charge in [-0.25, -0.2) is 4.98 Å². The summed E-state index contributed by atoms with van der Waals surface area (Å²) in [6, 6.07) is 0.496. The molecule has 2 bridgehead atoms. The van der Waals surface area contributed by atoms with Crippen LogP contribution < -0.4 is 4.74 Å². The summed E-state index contributed by atoms with van der Waals surface area (Å²) in [5.41, 5.74) is -0.0122. The molecule has 2 N–H and O–H groups in total. The van der Waals surface area contributed by atoms with Crippen molar-refractivity contribution < 1.29 is 19.7 Å². The number of rotatable bonds is 6. The van der Waals surface area contributed by atoms with Gasteiger partial charge in [0.1, 0.15) is 11.7 Å². The average Bonchev–Trinajstić information content (AvgIpc) is 3.02. The van der Waals surface area contributed by atoms with Crippen LogP contribution in [0.5, 0.6) is 6.01 Å². The number of hydrogen-bond donors (Lipinski definition) is 2. The third-order valence-corrected chi connectivity index (χ3v) is 9.58. The van der Waals surface area contributed by atoms with Gasteiger partial charge in [0.05, 0.1) is 6.61 Å². The predicted molar refractivity (Wildman–Crippen MR) is 127 cm³/mol. The Kier molecular flexibility index (Phi) is 5.39. The monoisotopic (exact) mass is 456 g/mol. The fraction of sp³-hybridized carbons (Fsp3) is 0.741. The van der Waals surface area contributed by atoms with E-state index >= 15 is 0 Å². The van der Waals surface area contributed by atoms with Gasteiger partial charge < -0.3 is 24.3 Å². The number of aliphatic hydroxyl groups excluding tert-OH is 1. The van der Waals surface area contributed by atoms with E-state index in [2.05, 4.69) is 44.8 Å². The highest BCUT2D eigenvalue weighted by atomic mass is 16.5. The van der Waals surface area contributed by atoms with Crippen molar-refractivity contribution in [1.29, 1.82) is 0 Å². The third kappa shape index (κ3) is 3.06. The van der Waals surface area contributed by atoms with Gasteiger partial charge in [0.2, 0.25) is 0 Å². The van der Waals surface area contributed by atoms with Gasteiger partial charge in [0, 0.05) is 31.5 Å². The number of aryl methyl sites for hydroxylation is 1. The summed E-state index contributed by atoms with van der Waals surface area (Å²) in [4.78, 5) is 4.44. The Morgan fingerprint density at radius 1 is 1.30 bits per heavy atom. The minimum Gasteiger partial charge on any atom is -0.454 e. The number of aliphatic hydroxyl groups is 2. The standard InChI is InChI=1S/C27H40N2O4/c1-7-9-29-10-8-28-24(29)33-23-16(2)13-26-14-18(21-20(11-17(26)3)25(21,4)5)12-19(15-32-6)22(30)27(23,26)31/h8,10,12-13,17-18,20-23,30-31H,7,9,11,14-15H2,1-6H3. The lowest BCUT2D eigenvalue weighted by atomic mass is 9.59. The number of methoxy groups -OCH3 is 1. The first kappa shape index (κ1) is 23.1. The zero-order chi connectivity index (χ0) is 23.8. The van der Waals surface area contributed by atoms with E-state index in [1.165, 1.54) is 0 Å². The molecule has 8 atom stereocenters. The fourth-order valence-electron chi connectivity index (χ4n) is 7.96. The number of nitrogens with zero attached hydrogens (tertiary/aromatic N) is 2. The first-order valence-electron chi connectivity index (χ1n) is 12.6. The molecule has 5 rings (SSSR count). The summed E-state index contributed by atoms with van der Waals surface area (Å²) in [5.74, 6) is 1.71. The lowest BCUT2D eigenvalue weighted by Crippen LogP contribution is -2.63. The van der Waals surface area contributed by atoms with Crippen molar-refractivity contribution in [3.63, 3.8) is 0 Å². The summed E-state index contributed by atoms with van der Waals surface area (Å²) < 4.78 is 14.0. The molecule has 1 aromatic rings. The Balaban J connectivity index is 1.61. The molecule has 6 heteroatoms. The zero-order valence-corrected chi connectivity index (χ0v) is 20.9. The second-order valence-electron chi connectivity index (χ2n) is 11.7. The molecule has 0 aliphatic heterocycles. The van der Waals surface area contributed by atoms with E-state index in [9.17, 15) is 10.2 Å². The number of fused-ring (bicyclic) bond motifs is 3. The average molecular weight is 457 g/mol. The van der Waals surface area contributed by atoms with Crippen molar-refractivity contribution in [3.8, 4) is 6.01 Å². The second kappa shape index (κ2) is 7.69. The molecule has 0 amide bonds. The van der Waals surface area contributed by atoms with Crippen LogP contribution in [0.15, 0.2) is 35.7 Å². The lowest BCUT2D eigenvalue weighted by Gasteiger charge is -2.50. The van der Waals surface area contributed by atoms with Crippen LogP contribution in [0.1, 0.15) is 53.9 Å². The first-order chi connectivity index (χ1) is 15.6. The van der Waals surface area contributed by atoms with E-state index in [0.717, 1.165) is 37.0 Å². The predicted octanol–water partition coefficient (Wildman–Crippen LogP) is 3.98. The van der Waals surface area contributed by atoms with Crippen LogP contribution in [0, 0.1) is 34.5 Å². The number of ether oxygens (including phenoxy) is 2. The van der Waals surface area contributed by atoms with Crippen LogP contribution in [-0.2, 0) is 11.3 Å². The van der Waals surface area contributed by atoms with Crippen molar-refractivity contribution >= 4 is 0 Å². The third-order valence-electron chi connectivity index (χ3n) is 9.58. The maximum absolute atomic E-state index is 12.7. The largest absolute Gasteiger partial charge is 0.454 e. The van der Waals surface area contributed by atoms with Crippen LogP contribution in [0.2, 0.25) is 0 Å². The lowest BCUT2D eigenvalue weighted by molar-refractivity contribution is -0.182. The Bertz CT molecular complexity index is 981. The van der Waals surface area contributed by atoms with E-state index in [4.69, 9.17) is 9.47 Å². The van der Waals surface area contributed by atoms with E-state index in [1.54, 1.807) is 13.3 Å². The second-order valence-corrected chi connectivity index (χ2v) is 11.7. The van der Waals surface area contributed by atoms with Gasteiger partial charge in [-0.2, -0.15) is 0 Å². The van der Waals surface area contributed by atoms with Crippen LogP contribution in [-0.4, -0.2) is 51.3 Å². The molecule has 1 spiro atoms. The molecule has 0 radical (unpaired) electrons. The van der Waals surface area contributed by atoms with Crippen LogP contribution in [0.25, 0.3) is 0 Å². The maximum Gasteiger partial charge on any atom is 0.296 e. The first-order valence-corrected chi connectivity index (χ1v) is 12.6. The zero-order valence-electron chi connectivity index (χ0n) is 20.9. The van der Waals surface area contributed by atoms with Gasteiger partial charge in [-0.05, 0) is 66.4 Å². The van der Waals surface area contributed by atoms with Gasteiger partial charge in [-0.15, -0.1) is 0 Å². The normalized spacial score (nSPS) is 43.0. The summed E-state index contributed by atoms with van der Waals surface area (Å²) in [7, 11) is 1.65. The molecule has 4 aliphatic rings. The van der Waals surface area contributed by atoms with Gasteiger partial charge in [-0.3, -0.25) is 0 Å². The molecular weight excluding hydrogens is 416 g/mol. The molecule has 1 aromatic heterocycles. The number of imidazole rings is 1. The molecule has 4 aliphatic carbocycles.